The van der Waals surface area contributed by atoms with Gasteiger partial charge in [0.05, 0.1) is 0 Å². The molecule has 4 heteroatoms. The van der Waals surface area contributed by atoms with E-state index >= 15 is 0 Å². The van der Waals surface area contributed by atoms with Crippen molar-refractivity contribution in [2.24, 2.45) is 5.92 Å². The molecule has 1 atom stereocenters. The molecule has 1 aromatic heterocycles. The van der Waals surface area contributed by atoms with Gasteiger partial charge in [0.15, 0.2) is 0 Å². The number of hydrogen-bond donors (Lipinski definition) is 0. The third-order valence-corrected chi connectivity index (χ3v) is 4.99. The summed E-state index contributed by atoms with van der Waals surface area (Å²) in [6.45, 7) is 7.90. The molecule has 0 aliphatic carbocycles. The van der Waals surface area contributed by atoms with Gasteiger partial charge in [0.2, 0.25) is 0 Å². The van der Waals surface area contributed by atoms with Gasteiger partial charge in [0.1, 0.15) is 5.58 Å². The highest BCUT2D eigenvalue weighted by Gasteiger charge is 2.21. The van der Waals surface area contributed by atoms with E-state index in [0.29, 0.717) is 5.92 Å². The van der Waals surface area contributed by atoms with Gasteiger partial charge in [-0.15, -0.1) is 0 Å². The fraction of sp³-hybridized carbons (Fsp3) is 0.550. The maximum absolute atomic E-state index is 12.0. The molecule has 0 radical (unpaired) electrons. The lowest BCUT2D eigenvalue weighted by atomic mass is 9.94. The summed E-state index contributed by atoms with van der Waals surface area (Å²) in [7, 11) is 1.76. The van der Waals surface area contributed by atoms with E-state index in [1.807, 2.05) is 6.92 Å². The predicted molar refractivity (Wildman–Crippen MR) is 96.5 cm³/mol. The van der Waals surface area contributed by atoms with Crippen LogP contribution < -0.4 is 5.63 Å². The molecular formula is C20H27NO3. The first-order valence-electron chi connectivity index (χ1n) is 8.82. The zero-order valence-corrected chi connectivity index (χ0v) is 14.9. The lowest BCUT2D eigenvalue weighted by molar-refractivity contribution is 0.123. The van der Waals surface area contributed by atoms with E-state index < -0.39 is 0 Å². The Balaban J connectivity index is 1.85. The summed E-state index contributed by atoms with van der Waals surface area (Å²) >= 11 is 0. The monoisotopic (exact) mass is 329 g/mol. The van der Waals surface area contributed by atoms with Gasteiger partial charge in [0, 0.05) is 38.3 Å². The fourth-order valence-corrected chi connectivity index (χ4v) is 3.87. The van der Waals surface area contributed by atoms with E-state index in [-0.39, 0.29) is 5.63 Å². The van der Waals surface area contributed by atoms with Gasteiger partial charge < -0.3 is 9.15 Å². The molecule has 1 unspecified atom stereocenters. The van der Waals surface area contributed by atoms with Crippen LogP contribution in [-0.2, 0) is 11.3 Å². The maximum Gasteiger partial charge on any atom is 0.336 e. The molecule has 1 aliphatic heterocycles. The van der Waals surface area contributed by atoms with Gasteiger partial charge in [-0.2, -0.15) is 0 Å². The van der Waals surface area contributed by atoms with E-state index in [2.05, 4.69) is 24.0 Å². The third kappa shape index (κ3) is 3.87. The van der Waals surface area contributed by atoms with E-state index in [0.717, 1.165) is 54.8 Å². The standard InChI is InChI=1S/C20H27NO3/c1-14-9-15(2)20-18(10-14)17(11-19(22)24-20)13-21-7-4-5-16(12-21)6-8-23-3/h9-11,16H,4-8,12-13H2,1-3H3. The fourth-order valence-electron chi connectivity index (χ4n) is 3.87. The number of methoxy groups -OCH3 is 1. The Morgan fingerprint density at radius 1 is 1.29 bits per heavy atom. The Kier molecular flexibility index (Phi) is 5.36. The van der Waals surface area contributed by atoms with E-state index in [9.17, 15) is 4.79 Å². The van der Waals surface area contributed by atoms with Crippen molar-refractivity contribution in [2.75, 3.05) is 26.8 Å². The van der Waals surface area contributed by atoms with Crippen molar-refractivity contribution in [2.45, 2.75) is 39.7 Å². The molecule has 0 bridgehead atoms. The van der Waals surface area contributed by atoms with Gasteiger partial charge in [-0.3, -0.25) is 4.90 Å². The topological polar surface area (TPSA) is 42.7 Å². The van der Waals surface area contributed by atoms with Crippen LogP contribution >= 0.6 is 0 Å². The van der Waals surface area contributed by atoms with Crippen LogP contribution in [0.5, 0.6) is 0 Å². The van der Waals surface area contributed by atoms with Crippen molar-refractivity contribution in [3.05, 3.63) is 45.3 Å². The summed E-state index contributed by atoms with van der Waals surface area (Å²) in [5, 5.41) is 1.08. The minimum absolute atomic E-state index is 0.252. The molecule has 1 fully saturated rings. The first-order valence-corrected chi connectivity index (χ1v) is 8.82. The van der Waals surface area contributed by atoms with Crippen LogP contribution in [0, 0.1) is 19.8 Å². The molecule has 3 rings (SSSR count). The van der Waals surface area contributed by atoms with Crippen molar-refractivity contribution < 1.29 is 9.15 Å². The van der Waals surface area contributed by atoms with Gasteiger partial charge in [0.25, 0.3) is 0 Å². The normalized spacial score (nSPS) is 19.0. The second-order valence-electron chi connectivity index (χ2n) is 7.07. The number of hydrogen-bond acceptors (Lipinski definition) is 4. The minimum Gasteiger partial charge on any atom is -0.422 e. The number of aryl methyl sites for hydroxylation is 2. The highest BCUT2D eigenvalue weighted by Crippen LogP contribution is 2.26. The van der Waals surface area contributed by atoms with E-state index in [1.54, 1.807) is 13.2 Å². The van der Waals surface area contributed by atoms with Crippen molar-refractivity contribution in [1.82, 2.24) is 4.90 Å². The Hall–Kier alpha value is -1.65. The average molecular weight is 329 g/mol. The van der Waals surface area contributed by atoms with Crippen LogP contribution in [0.1, 0.15) is 36.0 Å². The van der Waals surface area contributed by atoms with Gasteiger partial charge >= 0.3 is 5.63 Å². The first kappa shape index (κ1) is 17.2. The lowest BCUT2D eigenvalue weighted by Gasteiger charge is -2.32. The largest absolute Gasteiger partial charge is 0.422 e. The molecule has 130 valence electrons. The quantitative estimate of drug-likeness (QED) is 0.785. The maximum atomic E-state index is 12.0. The SMILES string of the molecule is COCCC1CCCN(Cc2cc(=O)oc3c(C)cc(C)cc23)C1. The lowest BCUT2D eigenvalue weighted by Crippen LogP contribution is -2.35. The third-order valence-electron chi connectivity index (χ3n) is 4.99. The zero-order valence-electron chi connectivity index (χ0n) is 14.9. The number of benzene rings is 1. The summed E-state index contributed by atoms with van der Waals surface area (Å²) < 4.78 is 10.7. The molecule has 2 aromatic rings. The molecular weight excluding hydrogens is 302 g/mol. The molecule has 0 amide bonds. The van der Waals surface area contributed by atoms with Crippen LogP contribution in [-0.4, -0.2) is 31.7 Å². The first-order chi connectivity index (χ1) is 11.6. The van der Waals surface area contributed by atoms with Crippen LogP contribution in [0.25, 0.3) is 11.0 Å². The summed E-state index contributed by atoms with van der Waals surface area (Å²) in [5.74, 6) is 0.688. The number of piperidine rings is 1. The highest BCUT2D eigenvalue weighted by atomic mass is 16.5. The molecule has 1 aromatic carbocycles. The van der Waals surface area contributed by atoms with Crippen LogP contribution in [0.3, 0.4) is 0 Å². The molecule has 0 spiro atoms. The van der Waals surface area contributed by atoms with Gasteiger partial charge in [-0.05, 0) is 68.3 Å². The Labute approximate surface area is 143 Å². The van der Waals surface area contributed by atoms with Gasteiger partial charge in [-0.25, -0.2) is 4.79 Å². The summed E-state index contributed by atoms with van der Waals surface area (Å²) in [6.07, 6.45) is 3.60. The minimum atomic E-state index is -0.252. The molecule has 2 heterocycles. The van der Waals surface area contributed by atoms with Crippen LogP contribution in [0.15, 0.2) is 27.4 Å². The Morgan fingerprint density at radius 2 is 2.12 bits per heavy atom. The smallest absolute Gasteiger partial charge is 0.336 e. The van der Waals surface area contributed by atoms with Crippen LogP contribution in [0.4, 0.5) is 0 Å². The average Bonchev–Trinajstić information content (AvgIpc) is 2.54. The molecule has 24 heavy (non-hydrogen) atoms. The molecule has 0 saturated carbocycles. The second-order valence-corrected chi connectivity index (χ2v) is 7.07. The van der Waals surface area contributed by atoms with Crippen molar-refractivity contribution in [3.8, 4) is 0 Å². The molecule has 4 nitrogen and oxygen atoms in total. The molecule has 1 saturated heterocycles. The van der Waals surface area contributed by atoms with E-state index in [1.165, 1.54) is 18.4 Å². The van der Waals surface area contributed by atoms with Gasteiger partial charge in [-0.1, -0.05) is 6.07 Å². The Morgan fingerprint density at radius 3 is 2.92 bits per heavy atom. The second kappa shape index (κ2) is 7.49. The van der Waals surface area contributed by atoms with E-state index in [4.69, 9.17) is 9.15 Å². The Bertz CT molecular complexity index is 765. The highest BCUT2D eigenvalue weighted by molar-refractivity contribution is 5.83. The summed E-state index contributed by atoms with van der Waals surface area (Å²) in [5.41, 5.74) is 3.79. The molecule has 0 N–H and O–H groups in total. The number of ether oxygens (including phenoxy) is 1. The van der Waals surface area contributed by atoms with Crippen molar-refractivity contribution >= 4 is 11.0 Å². The number of fused-ring (bicyclic) bond motifs is 1. The molecule has 1 aliphatic rings. The number of nitrogens with zero attached hydrogens (tertiary/aromatic N) is 1. The number of likely N-dealkylation sites (tertiary alicyclic amines) is 1. The van der Waals surface area contributed by atoms with Crippen molar-refractivity contribution in [1.29, 1.82) is 0 Å². The summed E-state index contributed by atoms with van der Waals surface area (Å²) in [4.78, 5) is 14.5. The predicted octanol–water partition coefficient (Wildman–Crippen LogP) is 3.66. The summed E-state index contributed by atoms with van der Waals surface area (Å²) in [6, 6.07) is 5.86. The zero-order chi connectivity index (χ0) is 17.1. The van der Waals surface area contributed by atoms with Crippen molar-refractivity contribution in [3.63, 3.8) is 0 Å². The van der Waals surface area contributed by atoms with Crippen LogP contribution in [0.2, 0.25) is 0 Å². The number of rotatable bonds is 5.